The van der Waals surface area contributed by atoms with E-state index in [-0.39, 0.29) is 23.6 Å². The van der Waals surface area contributed by atoms with Crippen LogP contribution in [0.4, 0.5) is 8.78 Å². The smallest absolute Gasteiger partial charge is 0.387 e. The summed E-state index contributed by atoms with van der Waals surface area (Å²) in [4.78, 5) is 12.2. The van der Waals surface area contributed by atoms with Crippen LogP contribution < -0.4 is 24.3 Å². The molecule has 0 fully saturated rings. The number of hydrogen-bond donors (Lipinski definition) is 1. The van der Waals surface area contributed by atoms with Gasteiger partial charge in [0, 0.05) is 24.6 Å². The maximum atomic E-state index is 12.7. The third-order valence-electron chi connectivity index (χ3n) is 4.18. The summed E-state index contributed by atoms with van der Waals surface area (Å²) in [5.74, 6) is 0.594. The lowest BCUT2D eigenvalue weighted by Gasteiger charge is -2.12. The third kappa shape index (κ3) is 5.54. The zero-order chi connectivity index (χ0) is 21.5. The van der Waals surface area contributed by atoms with Crippen molar-refractivity contribution < 1.29 is 32.5 Å². The number of nitrogens with one attached hydrogen (secondary N) is 1. The first-order chi connectivity index (χ1) is 14.5. The van der Waals surface area contributed by atoms with Gasteiger partial charge in [0.1, 0.15) is 0 Å². The Morgan fingerprint density at radius 3 is 2.87 bits per heavy atom. The van der Waals surface area contributed by atoms with Gasteiger partial charge in [-0.25, -0.2) is 0 Å². The molecule has 1 aliphatic rings. The van der Waals surface area contributed by atoms with Gasteiger partial charge in [-0.2, -0.15) is 8.78 Å². The Morgan fingerprint density at radius 2 is 2.10 bits per heavy atom. The lowest BCUT2D eigenvalue weighted by atomic mass is 10.1. The predicted molar refractivity (Wildman–Crippen MR) is 108 cm³/mol. The van der Waals surface area contributed by atoms with E-state index in [1.807, 2.05) is 0 Å². The van der Waals surface area contributed by atoms with E-state index in [9.17, 15) is 13.6 Å². The molecular weight excluding hydrogens is 420 g/mol. The van der Waals surface area contributed by atoms with Crippen molar-refractivity contribution in [1.29, 1.82) is 0 Å². The number of para-hydroxylation sites is 1. The zero-order valence-corrected chi connectivity index (χ0v) is 16.9. The second kappa shape index (κ2) is 10.2. The van der Waals surface area contributed by atoms with Crippen molar-refractivity contribution in [3.05, 3.63) is 52.6 Å². The summed E-state index contributed by atoms with van der Waals surface area (Å²) in [7, 11) is 1.34. The number of fused-ring (bicyclic) bond motifs is 1. The van der Waals surface area contributed by atoms with Crippen LogP contribution in [0.2, 0.25) is 5.02 Å². The Kier molecular flexibility index (Phi) is 7.35. The highest BCUT2D eigenvalue weighted by atomic mass is 35.5. The van der Waals surface area contributed by atoms with Crippen molar-refractivity contribution in [3.63, 3.8) is 0 Å². The van der Waals surface area contributed by atoms with Crippen molar-refractivity contribution in [2.45, 2.75) is 19.6 Å². The Labute approximate surface area is 177 Å². The van der Waals surface area contributed by atoms with Crippen molar-refractivity contribution in [2.24, 2.45) is 0 Å². The van der Waals surface area contributed by atoms with Crippen LogP contribution in [0.15, 0.2) is 36.4 Å². The first kappa shape index (κ1) is 21.7. The fraction of sp³-hybridized carbons (Fsp3) is 0.286. The molecule has 0 radical (unpaired) electrons. The summed E-state index contributed by atoms with van der Waals surface area (Å²) >= 11 is 6.25. The maximum absolute atomic E-state index is 12.7. The molecule has 0 unspecified atom stereocenters. The number of methoxy groups -OCH3 is 1. The van der Waals surface area contributed by atoms with E-state index in [1.54, 1.807) is 18.2 Å². The first-order valence-corrected chi connectivity index (χ1v) is 9.51. The molecule has 1 aliphatic heterocycles. The summed E-state index contributed by atoms with van der Waals surface area (Å²) in [6, 6.07) is 8.08. The van der Waals surface area contributed by atoms with E-state index in [0.717, 1.165) is 12.0 Å². The van der Waals surface area contributed by atoms with E-state index in [1.165, 1.54) is 31.4 Å². The topological polar surface area (TPSA) is 66.0 Å². The zero-order valence-electron chi connectivity index (χ0n) is 16.1. The van der Waals surface area contributed by atoms with Crippen molar-refractivity contribution in [2.75, 3.05) is 20.3 Å². The molecule has 6 nitrogen and oxygen atoms in total. The second-order valence-electron chi connectivity index (χ2n) is 6.26. The molecule has 0 saturated heterocycles. The summed E-state index contributed by atoms with van der Waals surface area (Å²) in [5, 5.41) is 3.11. The van der Waals surface area contributed by atoms with Crippen LogP contribution in [0.25, 0.3) is 6.08 Å². The van der Waals surface area contributed by atoms with E-state index >= 15 is 0 Å². The van der Waals surface area contributed by atoms with E-state index in [0.29, 0.717) is 29.7 Å². The Morgan fingerprint density at radius 1 is 1.30 bits per heavy atom. The van der Waals surface area contributed by atoms with Gasteiger partial charge in [-0.3, -0.25) is 4.79 Å². The number of benzene rings is 2. The monoisotopic (exact) mass is 439 g/mol. The molecular formula is C21H20ClF2NO5. The molecule has 0 saturated carbocycles. The quantitative estimate of drug-likeness (QED) is 0.646. The van der Waals surface area contributed by atoms with Crippen LogP contribution in [-0.2, 0) is 11.3 Å². The summed E-state index contributed by atoms with van der Waals surface area (Å²) < 4.78 is 46.1. The standard InChI is InChI=1S/C21H20ClF2NO5/c1-27-16-5-2-4-14(19(16)30-21(23)24)6-7-18(26)25-12-13-10-15(22)20-17(11-13)28-8-3-9-29-20/h2,4-7,10-11,21H,3,8-9,12H2,1H3,(H,25,26)/b7-6+. The molecule has 0 aliphatic carbocycles. The SMILES string of the molecule is COc1cccc(/C=C/C(=O)NCc2cc(Cl)c3c(c2)OCCCO3)c1OC(F)F. The molecule has 0 atom stereocenters. The average Bonchev–Trinajstić information content (AvgIpc) is 2.97. The highest BCUT2D eigenvalue weighted by Crippen LogP contribution is 2.38. The third-order valence-corrected chi connectivity index (χ3v) is 4.46. The minimum Gasteiger partial charge on any atom is -0.493 e. The predicted octanol–water partition coefficient (Wildman–Crippen LogP) is 4.44. The number of amides is 1. The maximum Gasteiger partial charge on any atom is 0.387 e. The van der Waals surface area contributed by atoms with Crippen LogP contribution in [0.5, 0.6) is 23.0 Å². The number of hydrogen-bond acceptors (Lipinski definition) is 5. The summed E-state index contributed by atoms with van der Waals surface area (Å²) in [6.07, 6.45) is 3.34. The molecule has 2 aromatic carbocycles. The average molecular weight is 440 g/mol. The van der Waals surface area contributed by atoms with Gasteiger partial charge in [0.15, 0.2) is 23.0 Å². The molecule has 1 amide bonds. The molecule has 0 bridgehead atoms. The van der Waals surface area contributed by atoms with Crippen molar-refractivity contribution >= 4 is 23.6 Å². The van der Waals surface area contributed by atoms with Crippen LogP contribution in [0.1, 0.15) is 17.5 Å². The number of halogens is 3. The molecule has 2 aromatic rings. The lowest BCUT2D eigenvalue weighted by molar-refractivity contribution is -0.116. The van der Waals surface area contributed by atoms with E-state index < -0.39 is 12.5 Å². The van der Waals surface area contributed by atoms with Gasteiger partial charge in [0.05, 0.1) is 25.3 Å². The minimum absolute atomic E-state index is 0.139. The molecule has 9 heteroatoms. The van der Waals surface area contributed by atoms with Crippen LogP contribution in [-0.4, -0.2) is 32.8 Å². The van der Waals surface area contributed by atoms with Gasteiger partial charge in [0.25, 0.3) is 0 Å². The fourth-order valence-corrected chi connectivity index (χ4v) is 3.13. The number of ether oxygens (including phenoxy) is 4. The van der Waals surface area contributed by atoms with Gasteiger partial charge in [-0.15, -0.1) is 0 Å². The Bertz CT molecular complexity index is 936. The van der Waals surface area contributed by atoms with E-state index in [2.05, 4.69) is 10.1 Å². The largest absolute Gasteiger partial charge is 0.493 e. The van der Waals surface area contributed by atoms with Crippen LogP contribution >= 0.6 is 11.6 Å². The van der Waals surface area contributed by atoms with Crippen molar-refractivity contribution in [1.82, 2.24) is 5.32 Å². The first-order valence-electron chi connectivity index (χ1n) is 9.13. The van der Waals surface area contributed by atoms with Gasteiger partial charge in [-0.05, 0) is 29.8 Å². The number of alkyl halides is 2. The molecule has 0 spiro atoms. The molecule has 1 heterocycles. The summed E-state index contributed by atoms with van der Waals surface area (Å²) in [6.45, 7) is -1.79. The van der Waals surface area contributed by atoms with Crippen molar-refractivity contribution in [3.8, 4) is 23.0 Å². The van der Waals surface area contributed by atoms with Gasteiger partial charge >= 0.3 is 6.61 Å². The van der Waals surface area contributed by atoms with E-state index in [4.69, 9.17) is 25.8 Å². The van der Waals surface area contributed by atoms with Gasteiger partial charge in [-0.1, -0.05) is 23.7 Å². The number of carbonyl (C=O) groups excluding carboxylic acids is 1. The van der Waals surface area contributed by atoms with Gasteiger partial charge in [0.2, 0.25) is 5.91 Å². The second-order valence-corrected chi connectivity index (χ2v) is 6.67. The normalized spacial score (nSPS) is 13.2. The Hall–Kier alpha value is -3.00. The molecule has 1 N–H and O–H groups in total. The molecule has 30 heavy (non-hydrogen) atoms. The highest BCUT2D eigenvalue weighted by Gasteiger charge is 2.16. The van der Waals surface area contributed by atoms with Crippen LogP contribution in [0.3, 0.4) is 0 Å². The molecule has 3 rings (SSSR count). The summed E-state index contributed by atoms with van der Waals surface area (Å²) in [5.41, 5.74) is 1.01. The van der Waals surface area contributed by atoms with Gasteiger partial charge < -0.3 is 24.3 Å². The molecule has 0 aromatic heterocycles. The fourth-order valence-electron chi connectivity index (χ4n) is 2.84. The highest BCUT2D eigenvalue weighted by molar-refractivity contribution is 6.32. The lowest BCUT2D eigenvalue weighted by Crippen LogP contribution is -2.20. The molecule has 160 valence electrons. The number of rotatable bonds is 7. The van der Waals surface area contributed by atoms with Crippen LogP contribution in [0, 0.1) is 0 Å². The number of carbonyl (C=O) groups is 1. The minimum atomic E-state index is -3.02. The Balaban J connectivity index is 1.67.